The number of amides is 1. The molecule has 2 aliphatic rings. The van der Waals surface area contributed by atoms with Crippen molar-refractivity contribution in [2.75, 3.05) is 31.6 Å². The number of nitrogens with zero attached hydrogens (tertiary/aromatic N) is 2. The third kappa shape index (κ3) is 3.10. The molecule has 1 amide bonds. The predicted octanol–water partition coefficient (Wildman–Crippen LogP) is 1.91. The molecule has 5 nitrogen and oxygen atoms in total. The lowest BCUT2D eigenvalue weighted by Crippen LogP contribution is -2.40. The van der Waals surface area contributed by atoms with Crippen molar-refractivity contribution in [1.29, 1.82) is 0 Å². The Morgan fingerprint density at radius 3 is 2.75 bits per heavy atom. The van der Waals surface area contributed by atoms with Crippen LogP contribution in [0, 0.1) is 0 Å². The van der Waals surface area contributed by atoms with Crippen LogP contribution in [0.5, 0.6) is 0 Å². The third-order valence-electron chi connectivity index (χ3n) is 4.01. The normalized spacial score (nSPS) is 20.1. The molecule has 0 unspecified atom stereocenters. The Labute approximate surface area is 119 Å². The summed E-state index contributed by atoms with van der Waals surface area (Å²) in [6.45, 7) is 2.58. The van der Waals surface area contributed by atoms with Gasteiger partial charge in [0, 0.05) is 31.5 Å². The topological polar surface area (TPSA) is 54.5 Å². The van der Waals surface area contributed by atoms with Crippen molar-refractivity contribution in [1.82, 2.24) is 9.88 Å². The van der Waals surface area contributed by atoms with Crippen LogP contribution in [0.3, 0.4) is 0 Å². The second-order valence-electron chi connectivity index (χ2n) is 5.49. The van der Waals surface area contributed by atoms with Crippen LogP contribution in [0.25, 0.3) is 0 Å². The first-order chi connectivity index (χ1) is 9.83. The minimum atomic E-state index is 0.0517. The molecule has 0 atom stereocenters. The van der Waals surface area contributed by atoms with Gasteiger partial charge in [0.05, 0.1) is 24.5 Å². The van der Waals surface area contributed by atoms with Crippen LogP contribution in [0.2, 0.25) is 0 Å². The van der Waals surface area contributed by atoms with Gasteiger partial charge in [-0.15, -0.1) is 0 Å². The molecule has 1 aliphatic heterocycles. The smallest absolute Gasteiger partial charge is 0.255 e. The quantitative estimate of drug-likeness (QED) is 0.915. The van der Waals surface area contributed by atoms with E-state index in [1.165, 1.54) is 25.7 Å². The molecule has 2 fully saturated rings. The van der Waals surface area contributed by atoms with Gasteiger partial charge in [-0.05, 0) is 18.9 Å². The average Bonchev–Trinajstić information content (AvgIpc) is 3.01. The fourth-order valence-electron chi connectivity index (χ4n) is 2.89. The van der Waals surface area contributed by atoms with Crippen molar-refractivity contribution in [3.8, 4) is 0 Å². The van der Waals surface area contributed by atoms with Gasteiger partial charge in [-0.25, -0.2) is 0 Å². The van der Waals surface area contributed by atoms with Gasteiger partial charge < -0.3 is 15.0 Å². The molecular weight excluding hydrogens is 254 g/mol. The molecule has 2 heterocycles. The fourth-order valence-corrected chi connectivity index (χ4v) is 2.89. The Morgan fingerprint density at radius 1 is 1.25 bits per heavy atom. The zero-order valence-electron chi connectivity index (χ0n) is 11.7. The lowest BCUT2D eigenvalue weighted by Gasteiger charge is -2.27. The largest absolute Gasteiger partial charge is 0.381 e. The number of hydrogen-bond acceptors (Lipinski definition) is 4. The van der Waals surface area contributed by atoms with E-state index < -0.39 is 0 Å². The van der Waals surface area contributed by atoms with Gasteiger partial charge in [0.1, 0.15) is 0 Å². The van der Waals surface area contributed by atoms with Crippen LogP contribution < -0.4 is 5.32 Å². The molecular formula is C15H21N3O2. The highest BCUT2D eigenvalue weighted by Gasteiger charge is 2.20. The lowest BCUT2D eigenvalue weighted by atomic mass is 10.2. The maximum atomic E-state index is 12.4. The monoisotopic (exact) mass is 275 g/mol. The number of aromatic nitrogens is 1. The molecule has 3 rings (SSSR count). The van der Waals surface area contributed by atoms with E-state index in [1.807, 2.05) is 11.0 Å². The number of anilines is 1. The lowest BCUT2D eigenvalue weighted by molar-refractivity contribution is 0.0302. The fraction of sp³-hybridized carbons (Fsp3) is 0.600. The zero-order valence-corrected chi connectivity index (χ0v) is 11.7. The summed E-state index contributed by atoms with van der Waals surface area (Å²) in [6, 6.07) is 2.45. The van der Waals surface area contributed by atoms with Crippen molar-refractivity contribution in [3.63, 3.8) is 0 Å². The van der Waals surface area contributed by atoms with Gasteiger partial charge in [-0.1, -0.05) is 12.8 Å². The van der Waals surface area contributed by atoms with E-state index in [-0.39, 0.29) is 5.91 Å². The Morgan fingerprint density at radius 2 is 2.00 bits per heavy atom. The molecule has 1 saturated carbocycles. The summed E-state index contributed by atoms with van der Waals surface area (Å²) in [5.74, 6) is 0.0517. The first-order valence-corrected chi connectivity index (χ1v) is 7.41. The highest BCUT2D eigenvalue weighted by molar-refractivity contribution is 5.94. The SMILES string of the molecule is O=C(c1cncc(NC2CCCC2)c1)N1CCOCC1. The number of carbonyl (C=O) groups is 1. The van der Waals surface area contributed by atoms with E-state index in [2.05, 4.69) is 10.3 Å². The second-order valence-corrected chi connectivity index (χ2v) is 5.49. The van der Waals surface area contributed by atoms with Crippen molar-refractivity contribution in [2.24, 2.45) is 0 Å². The van der Waals surface area contributed by atoms with Crippen LogP contribution >= 0.6 is 0 Å². The summed E-state index contributed by atoms with van der Waals surface area (Å²) in [5.41, 5.74) is 1.62. The van der Waals surface area contributed by atoms with E-state index >= 15 is 0 Å². The van der Waals surface area contributed by atoms with Gasteiger partial charge in [0.15, 0.2) is 0 Å². The summed E-state index contributed by atoms with van der Waals surface area (Å²) >= 11 is 0. The maximum absolute atomic E-state index is 12.4. The molecule has 108 valence electrons. The standard InChI is InChI=1S/C15H21N3O2/c19-15(18-5-7-20-8-6-18)12-9-14(11-16-10-12)17-13-3-1-2-4-13/h9-11,13,17H,1-8H2. The van der Waals surface area contributed by atoms with Crippen LogP contribution in [-0.2, 0) is 4.74 Å². The molecule has 20 heavy (non-hydrogen) atoms. The molecule has 1 N–H and O–H groups in total. The Bertz CT molecular complexity index is 466. The Balaban J connectivity index is 1.67. The molecule has 0 spiro atoms. The first-order valence-electron chi connectivity index (χ1n) is 7.41. The van der Waals surface area contributed by atoms with Crippen LogP contribution in [0.15, 0.2) is 18.5 Å². The number of hydrogen-bond donors (Lipinski definition) is 1. The minimum absolute atomic E-state index is 0.0517. The number of ether oxygens (including phenoxy) is 1. The third-order valence-corrected chi connectivity index (χ3v) is 4.01. The summed E-state index contributed by atoms with van der Waals surface area (Å²) in [6.07, 6.45) is 8.45. The van der Waals surface area contributed by atoms with Crippen molar-refractivity contribution < 1.29 is 9.53 Å². The van der Waals surface area contributed by atoms with Crippen molar-refractivity contribution in [2.45, 2.75) is 31.7 Å². The van der Waals surface area contributed by atoms with Crippen molar-refractivity contribution in [3.05, 3.63) is 24.0 Å². The number of carbonyl (C=O) groups excluding carboxylic acids is 1. The number of pyridine rings is 1. The van der Waals surface area contributed by atoms with Gasteiger partial charge in [-0.2, -0.15) is 0 Å². The predicted molar refractivity (Wildman–Crippen MR) is 76.8 cm³/mol. The van der Waals surface area contributed by atoms with Gasteiger partial charge in [0.2, 0.25) is 0 Å². The number of nitrogens with one attached hydrogen (secondary N) is 1. The van der Waals surface area contributed by atoms with E-state index in [0.29, 0.717) is 37.9 Å². The summed E-state index contributed by atoms with van der Waals surface area (Å²) in [7, 11) is 0. The molecule has 0 aromatic carbocycles. The Hall–Kier alpha value is -1.62. The van der Waals surface area contributed by atoms with Crippen LogP contribution in [0.1, 0.15) is 36.0 Å². The molecule has 1 saturated heterocycles. The van der Waals surface area contributed by atoms with Gasteiger partial charge in [0.25, 0.3) is 5.91 Å². The highest BCUT2D eigenvalue weighted by Crippen LogP contribution is 2.22. The maximum Gasteiger partial charge on any atom is 0.255 e. The van der Waals surface area contributed by atoms with Gasteiger partial charge in [-0.3, -0.25) is 9.78 Å². The van der Waals surface area contributed by atoms with Crippen LogP contribution in [0.4, 0.5) is 5.69 Å². The molecule has 1 aromatic rings. The average molecular weight is 275 g/mol. The molecule has 0 radical (unpaired) electrons. The van der Waals surface area contributed by atoms with E-state index in [9.17, 15) is 4.79 Å². The minimum Gasteiger partial charge on any atom is -0.381 e. The highest BCUT2D eigenvalue weighted by atomic mass is 16.5. The van der Waals surface area contributed by atoms with Gasteiger partial charge >= 0.3 is 0 Å². The molecule has 1 aliphatic carbocycles. The molecule has 1 aromatic heterocycles. The Kier molecular flexibility index (Phi) is 4.16. The van der Waals surface area contributed by atoms with E-state index in [4.69, 9.17) is 4.74 Å². The van der Waals surface area contributed by atoms with E-state index in [0.717, 1.165) is 5.69 Å². The van der Waals surface area contributed by atoms with E-state index in [1.54, 1.807) is 12.4 Å². The number of morpholine rings is 1. The zero-order chi connectivity index (χ0) is 13.8. The second kappa shape index (κ2) is 6.22. The summed E-state index contributed by atoms with van der Waals surface area (Å²) in [4.78, 5) is 18.4. The van der Waals surface area contributed by atoms with Crippen molar-refractivity contribution >= 4 is 11.6 Å². The summed E-state index contributed by atoms with van der Waals surface area (Å²) in [5, 5.41) is 3.48. The molecule has 0 bridgehead atoms. The first kappa shape index (κ1) is 13.4. The molecule has 5 heteroatoms. The number of rotatable bonds is 3. The summed E-state index contributed by atoms with van der Waals surface area (Å²) < 4.78 is 5.28. The van der Waals surface area contributed by atoms with Crippen LogP contribution in [-0.4, -0.2) is 48.1 Å².